The lowest BCUT2D eigenvalue weighted by Gasteiger charge is -2.20. The molecule has 1 heterocycles. The molecule has 0 aliphatic heterocycles. The fourth-order valence-corrected chi connectivity index (χ4v) is 3.31. The molecule has 0 saturated carbocycles. The van der Waals surface area contributed by atoms with Gasteiger partial charge in [-0.25, -0.2) is 0 Å². The minimum absolute atomic E-state index is 0.384. The summed E-state index contributed by atoms with van der Waals surface area (Å²) >= 11 is 6.03. The summed E-state index contributed by atoms with van der Waals surface area (Å²) < 4.78 is 1.94. The average Bonchev–Trinajstić information content (AvgIpc) is 2.86. The first-order valence-electron chi connectivity index (χ1n) is 8.11. The van der Waals surface area contributed by atoms with Crippen LogP contribution in [-0.4, -0.2) is 22.8 Å². The highest BCUT2D eigenvalue weighted by molar-refractivity contribution is 6.49. The van der Waals surface area contributed by atoms with E-state index in [0.717, 1.165) is 16.6 Å². The zero-order valence-corrected chi connectivity index (χ0v) is 15.2. The number of Topliss-reactive ketones (excluding diaryl/α,β-unsaturated/α-hetero) is 1. The molecule has 0 radical (unpaired) electrons. The molecule has 1 aromatic heterocycles. The third-order valence-corrected chi connectivity index (χ3v) is 4.74. The van der Waals surface area contributed by atoms with E-state index in [2.05, 4.69) is 0 Å². The van der Waals surface area contributed by atoms with Crippen molar-refractivity contribution in [3.63, 3.8) is 0 Å². The Morgan fingerprint density at radius 2 is 1.84 bits per heavy atom. The lowest BCUT2D eigenvalue weighted by Crippen LogP contribution is -2.36. The molecular weight excluding hydrogens is 336 g/mol. The van der Waals surface area contributed by atoms with Crippen molar-refractivity contribution in [2.24, 2.45) is 7.05 Å². The SMILES string of the molecule is CCN(C(=O)C(=O)c1c(C)n(C)c2ccccc12)c1cccc(Cl)c1. The van der Waals surface area contributed by atoms with Gasteiger partial charge in [-0.05, 0) is 38.1 Å². The third-order valence-electron chi connectivity index (χ3n) is 4.50. The smallest absolute Gasteiger partial charge is 0.299 e. The normalized spacial score (nSPS) is 10.9. The molecule has 25 heavy (non-hydrogen) atoms. The number of benzene rings is 2. The highest BCUT2D eigenvalue weighted by Crippen LogP contribution is 2.27. The Morgan fingerprint density at radius 3 is 2.52 bits per heavy atom. The maximum atomic E-state index is 13.0. The largest absolute Gasteiger partial charge is 0.347 e. The Hall–Kier alpha value is -2.59. The third kappa shape index (κ3) is 2.94. The standard InChI is InChI=1S/C20H19ClN2O2/c1-4-23(15-9-7-8-14(21)12-15)20(25)19(24)18-13(2)22(3)17-11-6-5-10-16(17)18/h5-12H,4H2,1-3H3. The van der Waals surface area contributed by atoms with Gasteiger partial charge in [0.1, 0.15) is 0 Å². The van der Waals surface area contributed by atoms with E-state index in [4.69, 9.17) is 11.6 Å². The number of hydrogen-bond acceptors (Lipinski definition) is 2. The van der Waals surface area contributed by atoms with Gasteiger partial charge < -0.3 is 9.47 Å². The second-order valence-electron chi connectivity index (χ2n) is 5.89. The lowest BCUT2D eigenvalue weighted by atomic mass is 10.1. The molecule has 0 N–H and O–H groups in total. The number of carbonyl (C=O) groups is 2. The summed E-state index contributed by atoms with van der Waals surface area (Å²) in [6, 6.07) is 14.6. The molecule has 4 nitrogen and oxygen atoms in total. The van der Waals surface area contributed by atoms with E-state index >= 15 is 0 Å². The quantitative estimate of drug-likeness (QED) is 0.515. The van der Waals surface area contributed by atoms with Crippen molar-refractivity contribution in [3.05, 3.63) is 64.8 Å². The number of aryl methyl sites for hydroxylation is 1. The van der Waals surface area contributed by atoms with Gasteiger partial charge >= 0.3 is 0 Å². The van der Waals surface area contributed by atoms with Gasteiger partial charge in [0.2, 0.25) is 0 Å². The number of para-hydroxylation sites is 1. The Kier molecular flexibility index (Phi) is 4.64. The molecule has 0 bridgehead atoms. The number of amides is 1. The van der Waals surface area contributed by atoms with Crippen molar-refractivity contribution in [1.82, 2.24) is 4.57 Å². The van der Waals surface area contributed by atoms with E-state index in [1.807, 2.05) is 49.7 Å². The Bertz CT molecular complexity index is 975. The van der Waals surface area contributed by atoms with Crippen LogP contribution in [0, 0.1) is 6.92 Å². The Balaban J connectivity index is 2.06. The summed E-state index contributed by atoms with van der Waals surface area (Å²) in [7, 11) is 1.90. The summed E-state index contributed by atoms with van der Waals surface area (Å²) in [6.07, 6.45) is 0. The molecular formula is C20H19ClN2O2. The maximum Gasteiger partial charge on any atom is 0.299 e. The first kappa shape index (κ1) is 17.2. The van der Waals surface area contributed by atoms with E-state index < -0.39 is 11.7 Å². The van der Waals surface area contributed by atoms with Crippen LogP contribution in [0.3, 0.4) is 0 Å². The first-order chi connectivity index (χ1) is 12.0. The molecule has 128 valence electrons. The second kappa shape index (κ2) is 6.73. The van der Waals surface area contributed by atoms with Crippen molar-refractivity contribution < 1.29 is 9.59 Å². The van der Waals surface area contributed by atoms with Crippen LogP contribution in [0.25, 0.3) is 10.9 Å². The number of ketones is 1. The Morgan fingerprint density at radius 1 is 1.12 bits per heavy atom. The van der Waals surface area contributed by atoms with Crippen molar-refractivity contribution >= 4 is 39.9 Å². The number of rotatable bonds is 4. The monoisotopic (exact) mass is 354 g/mol. The van der Waals surface area contributed by atoms with Crippen LogP contribution in [0.5, 0.6) is 0 Å². The summed E-state index contributed by atoms with van der Waals surface area (Å²) in [5.41, 5.74) is 2.79. The van der Waals surface area contributed by atoms with Crippen LogP contribution in [-0.2, 0) is 11.8 Å². The van der Waals surface area contributed by atoms with E-state index in [-0.39, 0.29) is 0 Å². The van der Waals surface area contributed by atoms with E-state index in [9.17, 15) is 9.59 Å². The fraction of sp³-hybridized carbons (Fsp3) is 0.200. The number of anilines is 1. The van der Waals surface area contributed by atoms with Crippen LogP contribution in [0.15, 0.2) is 48.5 Å². The van der Waals surface area contributed by atoms with Crippen LogP contribution < -0.4 is 4.90 Å². The van der Waals surface area contributed by atoms with Gasteiger partial charge in [0.25, 0.3) is 11.7 Å². The minimum Gasteiger partial charge on any atom is -0.347 e. The number of halogens is 1. The fourth-order valence-electron chi connectivity index (χ4n) is 3.12. The second-order valence-corrected chi connectivity index (χ2v) is 6.33. The lowest BCUT2D eigenvalue weighted by molar-refractivity contribution is -0.114. The van der Waals surface area contributed by atoms with Gasteiger partial charge in [0, 0.05) is 40.9 Å². The Labute approximate surface area is 151 Å². The number of carbonyl (C=O) groups excluding carboxylic acids is 2. The first-order valence-corrected chi connectivity index (χ1v) is 8.49. The zero-order valence-electron chi connectivity index (χ0n) is 14.4. The molecule has 0 saturated heterocycles. The molecule has 0 aliphatic rings. The number of aromatic nitrogens is 1. The van der Waals surface area contributed by atoms with Crippen molar-refractivity contribution in [3.8, 4) is 0 Å². The molecule has 0 fully saturated rings. The van der Waals surface area contributed by atoms with E-state index in [0.29, 0.717) is 22.8 Å². The molecule has 1 amide bonds. The molecule has 3 aromatic rings. The number of fused-ring (bicyclic) bond motifs is 1. The predicted octanol–water partition coefficient (Wildman–Crippen LogP) is 4.38. The van der Waals surface area contributed by atoms with Gasteiger partial charge in [-0.3, -0.25) is 9.59 Å². The van der Waals surface area contributed by atoms with E-state index in [1.165, 1.54) is 4.90 Å². The predicted molar refractivity (Wildman–Crippen MR) is 101 cm³/mol. The maximum absolute atomic E-state index is 13.0. The minimum atomic E-state index is -0.552. The molecule has 5 heteroatoms. The van der Waals surface area contributed by atoms with Gasteiger partial charge in [-0.1, -0.05) is 35.9 Å². The molecule has 0 atom stereocenters. The van der Waals surface area contributed by atoms with Crippen LogP contribution in [0.2, 0.25) is 5.02 Å². The average molecular weight is 355 g/mol. The highest BCUT2D eigenvalue weighted by Gasteiger charge is 2.28. The molecule has 0 aliphatic carbocycles. The summed E-state index contributed by atoms with van der Waals surface area (Å²) in [4.78, 5) is 27.4. The zero-order chi connectivity index (χ0) is 18.1. The van der Waals surface area contributed by atoms with Crippen LogP contribution in [0.4, 0.5) is 5.69 Å². The van der Waals surface area contributed by atoms with Crippen molar-refractivity contribution in [2.75, 3.05) is 11.4 Å². The van der Waals surface area contributed by atoms with Gasteiger partial charge in [-0.15, -0.1) is 0 Å². The number of nitrogens with zero attached hydrogens (tertiary/aromatic N) is 2. The van der Waals surface area contributed by atoms with Crippen molar-refractivity contribution in [1.29, 1.82) is 0 Å². The van der Waals surface area contributed by atoms with E-state index in [1.54, 1.807) is 24.3 Å². The summed E-state index contributed by atoms with van der Waals surface area (Å²) in [5, 5.41) is 1.32. The van der Waals surface area contributed by atoms with Crippen molar-refractivity contribution in [2.45, 2.75) is 13.8 Å². The summed E-state index contributed by atoms with van der Waals surface area (Å²) in [5.74, 6) is -1.06. The van der Waals surface area contributed by atoms with Crippen LogP contribution >= 0.6 is 11.6 Å². The molecule has 3 rings (SSSR count). The number of likely N-dealkylation sites (N-methyl/N-ethyl adjacent to an activating group) is 1. The molecule has 0 unspecified atom stereocenters. The van der Waals surface area contributed by atoms with Gasteiger partial charge in [-0.2, -0.15) is 0 Å². The summed E-state index contributed by atoms with van der Waals surface area (Å²) in [6.45, 7) is 4.08. The van der Waals surface area contributed by atoms with Crippen LogP contribution in [0.1, 0.15) is 23.0 Å². The topological polar surface area (TPSA) is 42.3 Å². The molecule has 2 aromatic carbocycles. The van der Waals surface area contributed by atoms with Gasteiger partial charge in [0.05, 0.1) is 5.56 Å². The highest BCUT2D eigenvalue weighted by atomic mass is 35.5. The van der Waals surface area contributed by atoms with Gasteiger partial charge in [0.15, 0.2) is 0 Å². The number of hydrogen-bond donors (Lipinski definition) is 0. The molecule has 0 spiro atoms.